The van der Waals surface area contributed by atoms with Crippen LogP contribution >= 0.6 is 0 Å². The second-order valence-electron chi connectivity index (χ2n) is 46.5. The van der Waals surface area contributed by atoms with Crippen molar-refractivity contribution in [2.24, 2.45) is 47.3 Å². The molecule has 7 heterocycles. The lowest BCUT2D eigenvalue weighted by atomic mass is 9.78. The number of benzene rings is 2. The lowest BCUT2D eigenvalue weighted by molar-refractivity contribution is -0.279. The molecule has 32 atom stereocenters. The first kappa shape index (κ1) is 116. The third-order valence-electron chi connectivity index (χ3n) is 32.8. The highest BCUT2D eigenvalue weighted by Gasteiger charge is 2.51. The van der Waals surface area contributed by atoms with Crippen LogP contribution in [0, 0.1) is 47.3 Å². The van der Waals surface area contributed by atoms with Crippen molar-refractivity contribution in [3.8, 4) is 11.5 Å². The van der Waals surface area contributed by atoms with Crippen LogP contribution in [0.4, 0.5) is 0 Å². The minimum Gasteiger partial charge on any atom is -0.497 e. The number of ether oxygens (including phenoxy) is 16. The van der Waals surface area contributed by atoms with Crippen molar-refractivity contribution in [3.05, 3.63) is 132 Å². The molecule has 0 unspecified atom stereocenters. The summed E-state index contributed by atoms with van der Waals surface area (Å²) in [4.78, 5) is 30.5. The van der Waals surface area contributed by atoms with Gasteiger partial charge in [0.2, 0.25) is 0 Å². The molecule has 0 saturated carbocycles. The zero-order chi connectivity index (χ0) is 101. The molecule has 0 radical (unpaired) electrons. The topological polar surface area (TPSA) is 230 Å². The minimum atomic E-state index is -2.53. The van der Waals surface area contributed by atoms with Crippen molar-refractivity contribution in [3.63, 3.8) is 0 Å². The summed E-state index contributed by atoms with van der Waals surface area (Å²) in [5.41, 5.74) is 3.39. The SMILES string of the molecule is COc1ccc([C@@H]2O[C@H]3C[C@@H](O2)[C@H](C)[C@@H]([C@@H](C)[C@@H](O[Si](C)(C)C(C)(C)C)[C@@H](C)CC[C@H]2C[C@H](OC)C[C@H](C)O2)OC(=O)/C=C/C(C)=C/C[C@@H](O[Si](C)(C)C(C)(C)C)C[C@@H]2C=CC[C@@H](C[C@H](OC)[C@@H](C)[C@@H]4C[C@@H](O[C@H](c5ccc(OC)cc5)O4)[C@@H](C)[C@@H]([C@@H](C)[C@@H](O)[C@@H](C)CC[C@H]4C[C@H](OC)C[C@H](C)O4)OC(=O)/C=C/C(C)=C/C[C@@H](O[Si](C)(C)C(C)(C)C)C[C@@H]4C=CC[C@@H](C[C@H](OC)[C@H]3C)O4)O2)cc1. The summed E-state index contributed by atoms with van der Waals surface area (Å²) in [6.07, 6.45) is 24.3. The molecule has 2 aromatic carbocycles. The van der Waals surface area contributed by atoms with Gasteiger partial charge in [0.25, 0.3) is 0 Å². The first-order valence-corrected chi connectivity index (χ1v) is 60.9. The van der Waals surface area contributed by atoms with Crippen molar-refractivity contribution < 1.29 is 104 Å². The Labute approximate surface area is 831 Å². The van der Waals surface area contributed by atoms with Gasteiger partial charge in [0.05, 0.1) is 136 Å². The summed E-state index contributed by atoms with van der Waals surface area (Å²) in [7, 11) is 3.13. The Hall–Kier alpha value is -4.57. The smallest absolute Gasteiger partial charge is 0.331 e. The number of rotatable bonds is 26. The quantitative estimate of drug-likeness (QED) is 0.0524. The first-order valence-electron chi connectivity index (χ1n) is 52.1. The fraction of sp³-hybridized carbons (Fsp3) is 0.768. The van der Waals surface area contributed by atoms with Crippen molar-refractivity contribution in [1.29, 1.82) is 0 Å². The highest BCUT2D eigenvalue weighted by atomic mass is 28.4. The molecule has 9 rings (SSSR count). The average molecular weight is 1970 g/mol. The number of hydrogen-bond donors (Lipinski definition) is 1. The molecule has 137 heavy (non-hydrogen) atoms. The number of aliphatic hydroxyl groups excluding tert-OH is 1. The number of aliphatic hydroxyl groups is 1. The van der Waals surface area contributed by atoms with Gasteiger partial charge in [-0.15, -0.1) is 0 Å². The molecule has 0 amide bonds. The fourth-order valence-corrected chi connectivity index (χ4v) is 24.9. The second kappa shape index (κ2) is 52.5. The molecule has 22 nitrogen and oxygen atoms in total. The van der Waals surface area contributed by atoms with Crippen LogP contribution in [0.1, 0.15) is 285 Å². The maximum atomic E-state index is 15.5. The van der Waals surface area contributed by atoms with Crippen LogP contribution in [0.15, 0.2) is 120 Å². The summed E-state index contributed by atoms with van der Waals surface area (Å²) in [5.74, 6) is -1.84. The zero-order valence-electron chi connectivity index (χ0n) is 90.6. The van der Waals surface area contributed by atoms with Crippen molar-refractivity contribution in [1.82, 2.24) is 0 Å². The van der Waals surface area contributed by atoms with E-state index in [9.17, 15) is 5.11 Å². The van der Waals surface area contributed by atoms with E-state index in [-0.39, 0.29) is 136 Å². The van der Waals surface area contributed by atoms with E-state index in [1.807, 2.05) is 81.5 Å². The highest BCUT2D eigenvalue weighted by Crippen LogP contribution is 2.49. The van der Waals surface area contributed by atoms with Crippen LogP contribution in [-0.2, 0) is 89.2 Å². The predicted molar refractivity (Wildman–Crippen MR) is 553 cm³/mol. The number of carbonyl (C=O) groups excluding carboxylic acids is 2. The molecule has 0 spiro atoms. The summed E-state index contributed by atoms with van der Waals surface area (Å²) < 4.78 is 130. The fourth-order valence-electron chi connectivity index (χ4n) is 20.6. The molecule has 4 saturated heterocycles. The highest BCUT2D eigenvalue weighted by molar-refractivity contribution is 6.75. The van der Waals surface area contributed by atoms with Gasteiger partial charge in [0, 0.05) is 126 Å². The van der Waals surface area contributed by atoms with Crippen LogP contribution in [0.3, 0.4) is 0 Å². The second-order valence-corrected chi connectivity index (χ2v) is 60.8. The number of hydrogen-bond acceptors (Lipinski definition) is 22. The van der Waals surface area contributed by atoms with Gasteiger partial charge in [-0.2, -0.15) is 0 Å². The lowest BCUT2D eigenvalue weighted by Gasteiger charge is -2.47. The van der Waals surface area contributed by atoms with Crippen LogP contribution in [0.5, 0.6) is 11.5 Å². The minimum absolute atomic E-state index is 0.0114. The number of allylic oxidation sites excluding steroid dienone is 4. The van der Waals surface area contributed by atoms with Gasteiger partial charge >= 0.3 is 11.9 Å². The predicted octanol–water partition coefficient (Wildman–Crippen LogP) is 24.7. The van der Waals surface area contributed by atoms with Crippen LogP contribution in [0.25, 0.3) is 0 Å². The van der Waals surface area contributed by atoms with E-state index in [1.54, 1.807) is 48.7 Å². The molecule has 7 aliphatic heterocycles. The molecular weight excluding hydrogens is 1780 g/mol. The monoisotopic (exact) mass is 1970 g/mol. The summed E-state index contributed by atoms with van der Waals surface area (Å²) in [5, 5.41) is 12.4. The average Bonchev–Trinajstić information content (AvgIpc) is 0.809. The van der Waals surface area contributed by atoms with Gasteiger partial charge in [0.1, 0.15) is 23.7 Å². The third kappa shape index (κ3) is 33.7. The number of esters is 2. The molecule has 778 valence electrons. The first-order chi connectivity index (χ1) is 64.3. The normalized spacial score (nSPS) is 35.3. The van der Waals surface area contributed by atoms with E-state index < -0.39 is 110 Å². The molecule has 2 aromatic rings. The van der Waals surface area contributed by atoms with Crippen LogP contribution < -0.4 is 9.47 Å². The van der Waals surface area contributed by atoms with Gasteiger partial charge < -0.3 is 94.2 Å². The maximum Gasteiger partial charge on any atom is 0.331 e. The van der Waals surface area contributed by atoms with Gasteiger partial charge in [-0.3, -0.25) is 0 Å². The van der Waals surface area contributed by atoms with Gasteiger partial charge in [-0.1, -0.05) is 202 Å². The standard InChI is InChI=1S/C112H186O22Si3/c1-70-40-50-92(132-135(28,29)110(13,14)15)62-86-37-35-39-89(125-86)67-97(121-27)77(8)99-69-101(129-109(127-99)83-48-56-85(117-23)57-49-83)79(10)107(81(12)105(134-137(32,33)112(19,20)21)73(4)45-53-91-65-95(119-25)61-75(6)123-91)131-103(114)59-43-71(2)41-51-93(133-136(30,31)111(16,17)18)63-87-36-34-38-88(124-87)66-96(120-26)76(7)98-68-100(128-108(126-98)82-46-54-84(116-22)55-47-82)78(9)106(130-102(113)58-42-70)80(11)104(115)72(3)44-52-90-64-94(118-24)60-74(5)122-90/h34-37,40-43,46-49,54-59,72-81,86-101,104-109,115H,38-39,44-45,50-53,60-69H2,1-33H3/b58-42+,59-43+,70-40+,71-41+/t72-,73-,74-,75-,76+,77+,78+,79-,80-,81-,86-,87-,88-,89-,90-,91-,92+,93+,94+,95+,96-,97-,98-,99-,100+,101+,104-,105-,106-,107-,108+,109+/m0/s1. The van der Waals surface area contributed by atoms with Crippen LogP contribution in [-0.4, -0.2) is 219 Å². The van der Waals surface area contributed by atoms with Gasteiger partial charge in [-0.05, 0) is 195 Å². The Bertz CT molecular complexity index is 4140. The molecule has 25 heteroatoms. The van der Waals surface area contributed by atoms with Crippen LogP contribution in [0.2, 0.25) is 54.4 Å². The van der Waals surface area contributed by atoms with E-state index in [0.29, 0.717) is 82.1 Å². The molecular formula is C112H186O22Si3. The Morgan fingerprint density at radius 1 is 0.409 bits per heavy atom. The zero-order valence-corrected chi connectivity index (χ0v) is 93.6. The number of methoxy groups -OCH3 is 6. The molecule has 7 aliphatic rings. The molecule has 0 aromatic heterocycles. The van der Waals surface area contributed by atoms with E-state index >= 15 is 9.59 Å². The van der Waals surface area contributed by atoms with Gasteiger partial charge in [0.15, 0.2) is 37.5 Å². The van der Waals surface area contributed by atoms with E-state index in [2.05, 4.69) is 200 Å². The number of carbonyl (C=O) groups is 2. The maximum absolute atomic E-state index is 15.5. The van der Waals surface area contributed by atoms with E-state index in [4.69, 9.17) is 89.1 Å². The Morgan fingerprint density at radius 3 is 1.13 bits per heavy atom. The molecule has 8 bridgehead atoms. The van der Waals surface area contributed by atoms with E-state index in [0.717, 1.165) is 67.2 Å². The summed E-state index contributed by atoms with van der Waals surface area (Å²) >= 11 is 0. The van der Waals surface area contributed by atoms with Crippen molar-refractivity contribution in [2.45, 2.75) is 462 Å². The summed E-state index contributed by atoms with van der Waals surface area (Å²) in [6.45, 7) is 59.9. The molecule has 4 fully saturated rings. The Kier molecular flexibility index (Phi) is 44.4. The largest absolute Gasteiger partial charge is 0.497 e. The summed E-state index contributed by atoms with van der Waals surface area (Å²) in [6, 6.07) is 15.7. The number of cyclic esters (lactones) is 2. The van der Waals surface area contributed by atoms with Crippen molar-refractivity contribution in [2.75, 3.05) is 42.7 Å². The molecule has 0 aliphatic carbocycles. The van der Waals surface area contributed by atoms with E-state index in [1.165, 1.54) is 6.08 Å². The van der Waals surface area contributed by atoms with Crippen molar-refractivity contribution >= 4 is 36.9 Å². The molecule has 1 N–H and O–H groups in total. The lowest BCUT2D eigenvalue weighted by Crippen LogP contribution is -2.53. The Morgan fingerprint density at radius 2 is 0.774 bits per heavy atom. The van der Waals surface area contributed by atoms with Gasteiger partial charge in [-0.25, -0.2) is 9.59 Å². The third-order valence-corrected chi connectivity index (χ3v) is 46.3. The Balaban J connectivity index is 1.11. The number of fused-ring (bicyclic) bond motifs is 8.